The van der Waals surface area contributed by atoms with Crippen LogP contribution in [0.3, 0.4) is 0 Å². The summed E-state index contributed by atoms with van der Waals surface area (Å²) >= 11 is 6.12. The molecular formula is C22H24ClN5. The molecule has 0 spiro atoms. The summed E-state index contributed by atoms with van der Waals surface area (Å²) in [5.41, 5.74) is 2.49. The van der Waals surface area contributed by atoms with Crippen molar-refractivity contribution in [3.63, 3.8) is 0 Å². The topological polar surface area (TPSA) is 44.3 Å². The fourth-order valence-corrected chi connectivity index (χ4v) is 3.60. The van der Waals surface area contributed by atoms with Crippen molar-refractivity contribution < 1.29 is 0 Å². The van der Waals surface area contributed by atoms with Crippen LogP contribution in [0.5, 0.6) is 0 Å². The van der Waals surface area contributed by atoms with Gasteiger partial charge in [-0.1, -0.05) is 48.0 Å². The summed E-state index contributed by atoms with van der Waals surface area (Å²) in [6.45, 7) is 4.48. The summed E-state index contributed by atoms with van der Waals surface area (Å²) in [5.74, 6) is 1.66. The summed E-state index contributed by atoms with van der Waals surface area (Å²) in [6, 6.07) is 20.4. The van der Waals surface area contributed by atoms with Crippen LogP contribution in [0.1, 0.15) is 5.56 Å². The van der Waals surface area contributed by atoms with Gasteiger partial charge in [0.1, 0.15) is 5.82 Å². The van der Waals surface area contributed by atoms with Crippen molar-refractivity contribution in [1.29, 1.82) is 0 Å². The van der Waals surface area contributed by atoms with E-state index in [4.69, 9.17) is 16.6 Å². The predicted molar refractivity (Wildman–Crippen MR) is 117 cm³/mol. The van der Waals surface area contributed by atoms with Gasteiger partial charge in [-0.3, -0.25) is 0 Å². The molecule has 28 heavy (non-hydrogen) atoms. The largest absolute Gasteiger partial charge is 0.370 e. The second-order valence-corrected chi connectivity index (χ2v) is 7.29. The first kappa shape index (κ1) is 18.6. The van der Waals surface area contributed by atoms with Gasteiger partial charge in [0.15, 0.2) is 0 Å². The van der Waals surface area contributed by atoms with Gasteiger partial charge in [0.25, 0.3) is 0 Å². The van der Waals surface area contributed by atoms with E-state index in [1.165, 1.54) is 11.3 Å². The van der Waals surface area contributed by atoms with Crippen molar-refractivity contribution in [3.8, 4) is 0 Å². The fraction of sp³-hybridized carbons (Fsp3) is 0.273. The minimum atomic E-state index is 0.776. The molecule has 5 nitrogen and oxygen atoms in total. The molecule has 1 aromatic heterocycles. The molecule has 2 aromatic carbocycles. The van der Waals surface area contributed by atoms with E-state index < -0.39 is 0 Å². The van der Waals surface area contributed by atoms with Gasteiger partial charge >= 0.3 is 0 Å². The average Bonchev–Trinajstić information content (AvgIpc) is 2.75. The van der Waals surface area contributed by atoms with E-state index in [1.807, 2.05) is 36.5 Å². The number of piperazine rings is 1. The second kappa shape index (κ2) is 8.93. The van der Waals surface area contributed by atoms with Crippen LogP contribution in [0.4, 0.5) is 17.5 Å². The number of anilines is 3. The molecule has 2 heterocycles. The van der Waals surface area contributed by atoms with Crippen LogP contribution < -0.4 is 15.1 Å². The molecule has 0 unspecified atom stereocenters. The minimum Gasteiger partial charge on any atom is -0.370 e. The van der Waals surface area contributed by atoms with E-state index >= 15 is 0 Å². The molecule has 0 saturated carbocycles. The predicted octanol–water partition coefficient (Wildman–Crippen LogP) is 4.11. The maximum atomic E-state index is 6.12. The van der Waals surface area contributed by atoms with Crippen molar-refractivity contribution in [1.82, 2.24) is 9.97 Å². The first-order chi connectivity index (χ1) is 13.8. The zero-order valence-electron chi connectivity index (χ0n) is 15.8. The van der Waals surface area contributed by atoms with Crippen LogP contribution in [-0.2, 0) is 6.42 Å². The van der Waals surface area contributed by atoms with Crippen molar-refractivity contribution in [3.05, 3.63) is 77.4 Å². The van der Waals surface area contributed by atoms with Crippen LogP contribution in [0.2, 0.25) is 5.02 Å². The van der Waals surface area contributed by atoms with Crippen LogP contribution in [0.25, 0.3) is 0 Å². The highest BCUT2D eigenvalue weighted by molar-refractivity contribution is 6.30. The van der Waals surface area contributed by atoms with E-state index in [0.29, 0.717) is 0 Å². The molecule has 3 aromatic rings. The Morgan fingerprint density at radius 1 is 0.893 bits per heavy atom. The number of hydrogen-bond acceptors (Lipinski definition) is 5. The molecule has 144 valence electrons. The van der Waals surface area contributed by atoms with E-state index in [2.05, 4.69) is 50.4 Å². The number of nitrogens with zero attached hydrogens (tertiary/aromatic N) is 4. The third kappa shape index (κ3) is 4.73. The monoisotopic (exact) mass is 393 g/mol. The maximum absolute atomic E-state index is 6.12. The number of halogens is 1. The molecule has 0 atom stereocenters. The summed E-state index contributed by atoms with van der Waals surface area (Å²) in [4.78, 5) is 13.8. The molecular weight excluding hydrogens is 370 g/mol. The highest BCUT2D eigenvalue weighted by Gasteiger charge is 2.19. The van der Waals surface area contributed by atoms with Gasteiger partial charge in [-0.2, -0.15) is 4.98 Å². The van der Waals surface area contributed by atoms with Gasteiger partial charge in [0, 0.05) is 49.6 Å². The Labute approximate surface area is 171 Å². The summed E-state index contributed by atoms with van der Waals surface area (Å²) in [5, 5.41) is 4.19. The van der Waals surface area contributed by atoms with Crippen molar-refractivity contribution in [2.45, 2.75) is 6.42 Å². The molecule has 1 aliphatic heterocycles. The molecule has 0 radical (unpaired) electrons. The van der Waals surface area contributed by atoms with E-state index in [0.717, 1.165) is 55.9 Å². The first-order valence-corrected chi connectivity index (χ1v) is 10.0. The van der Waals surface area contributed by atoms with Crippen molar-refractivity contribution in [2.75, 3.05) is 47.8 Å². The van der Waals surface area contributed by atoms with Gasteiger partial charge in [-0.25, -0.2) is 4.98 Å². The molecule has 1 aliphatic rings. The normalized spacial score (nSPS) is 14.2. The third-order valence-electron chi connectivity index (χ3n) is 4.94. The SMILES string of the molecule is Clc1cccc(N2CCN(c3nccc(NCCc4ccccc4)n3)CC2)c1. The van der Waals surface area contributed by atoms with Crippen LogP contribution in [0.15, 0.2) is 66.9 Å². The zero-order chi connectivity index (χ0) is 19.2. The van der Waals surface area contributed by atoms with Gasteiger partial charge < -0.3 is 15.1 Å². The lowest BCUT2D eigenvalue weighted by Crippen LogP contribution is -2.47. The third-order valence-corrected chi connectivity index (χ3v) is 5.18. The van der Waals surface area contributed by atoms with Gasteiger partial charge in [-0.15, -0.1) is 0 Å². The number of hydrogen-bond donors (Lipinski definition) is 1. The number of aromatic nitrogens is 2. The van der Waals surface area contributed by atoms with Crippen LogP contribution in [0, 0.1) is 0 Å². The second-order valence-electron chi connectivity index (χ2n) is 6.86. The fourth-order valence-electron chi connectivity index (χ4n) is 3.42. The zero-order valence-corrected chi connectivity index (χ0v) is 16.5. The minimum absolute atomic E-state index is 0.776. The molecule has 0 amide bonds. The molecule has 6 heteroatoms. The quantitative estimate of drug-likeness (QED) is 0.682. The van der Waals surface area contributed by atoms with Crippen LogP contribution in [-0.4, -0.2) is 42.7 Å². The Kier molecular flexibility index (Phi) is 5.92. The average molecular weight is 394 g/mol. The Morgan fingerprint density at radius 2 is 1.68 bits per heavy atom. The highest BCUT2D eigenvalue weighted by Crippen LogP contribution is 2.22. The molecule has 1 fully saturated rings. The molecule has 0 bridgehead atoms. The van der Waals surface area contributed by atoms with Gasteiger partial charge in [-0.05, 0) is 36.2 Å². The standard InChI is InChI=1S/C22H24ClN5/c23-19-7-4-8-20(17-19)27-13-15-28(16-14-27)22-25-12-10-21(26-22)24-11-9-18-5-2-1-3-6-18/h1-8,10,12,17H,9,11,13-16H2,(H,24,25,26). The Morgan fingerprint density at radius 3 is 2.46 bits per heavy atom. The maximum Gasteiger partial charge on any atom is 0.227 e. The lowest BCUT2D eigenvalue weighted by molar-refractivity contribution is 0.640. The molecule has 1 N–H and O–H groups in total. The summed E-state index contributed by atoms with van der Waals surface area (Å²) < 4.78 is 0. The smallest absolute Gasteiger partial charge is 0.227 e. The lowest BCUT2D eigenvalue weighted by atomic mass is 10.1. The van der Waals surface area contributed by atoms with Gasteiger partial charge in [0.2, 0.25) is 5.95 Å². The molecule has 1 saturated heterocycles. The highest BCUT2D eigenvalue weighted by atomic mass is 35.5. The Bertz CT molecular complexity index is 894. The summed E-state index contributed by atoms with van der Waals surface area (Å²) in [6.07, 6.45) is 2.80. The number of benzene rings is 2. The Balaban J connectivity index is 1.32. The summed E-state index contributed by atoms with van der Waals surface area (Å²) in [7, 11) is 0. The van der Waals surface area contributed by atoms with Gasteiger partial charge in [0.05, 0.1) is 0 Å². The van der Waals surface area contributed by atoms with E-state index in [1.54, 1.807) is 0 Å². The lowest BCUT2D eigenvalue weighted by Gasteiger charge is -2.36. The Hall–Kier alpha value is -2.79. The molecule has 0 aliphatic carbocycles. The van der Waals surface area contributed by atoms with Crippen molar-refractivity contribution >= 4 is 29.1 Å². The number of nitrogens with one attached hydrogen (secondary N) is 1. The first-order valence-electron chi connectivity index (χ1n) is 9.64. The molecule has 4 rings (SSSR count). The van der Waals surface area contributed by atoms with Crippen LogP contribution >= 0.6 is 11.6 Å². The van der Waals surface area contributed by atoms with Crippen molar-refractivity contribution in [2.24, 2.45) is 0 Å². The van der Waals surface area contributed by atoms with E-state index in [-0.39, 0.29) is 0 Å². The number of rotatable bonds is 6. The van der Waals surface area contributed by atoms with E-state index in [9.17, 15) is 0 Å².